The van der Waals surface area contributed by atoms with Gasteiger partial charge in [0.15, 0.2) is 0 Å². The maximum Gasteiger partial charge on any atom is 0.270 e. The summed E-state index contributed by atoms with van der Waals surface area (Å²) >= 11 is 5.80. The Morgan fingerprint density at radius 3 is 2.60 bits per heavy atom. The van der Waals surface area contributed by atoms with Crippen LogP contribution in [-0.2, 0) is 7.05 Å². The van der Waals surface area contributed by atoms with Gasteiger partial charge in [-0.3, -0.25) is 4.79 Å². The fourth-order valence-corrected chi connectivity index (χ4v) is 1.94. The van der Waals surface area contributed by atoms with Gasteiger partial charge in [0.25, 0.3) is 5.91 Å². The van der Waals surface area contributed by atoms with Crippen molar-refractivity contribution < 1.29 is 9.53 Å². The molecule has 5 heteroatoms. The van der Waals surface area contributed by atoms with E-state index in [0.717, 1.165) is 5.75 Å². The van der Waals surface area contributed by atoms with Crippen LogP contribution in [0.25, 0.3) is 0 Å². The summed E-state index contributed by atoms with van der Waals surface area (Å²) in [6.07, 6.45) is 1.85. The van der Waals surface area contributed by atoms with E-state index in [1.165, 1.54) is 0 Å². The zero-order chi connectivity index (χ0) is 14.5. The molecule has 0 aliphatic heterocycles. The zero-order valence-electron chi connectivity index (χ0n) is 11.5. The van der Waals surface area contributed by atoms with E-state index in [0.29, 0.717) is 23.9 Å². The summed E-state index contributed by atoms with van der Waals surface area (Å²) in [7, 11) is 3.62. The average Bonchev–Trinajstić information content (AvgIpc) is 2.86. The number of rotatable bonds is 5. The Kier molecular flexibility index (Phi) is 4.69. The molecule has 106 valence electrons. The van der Waals surface area contributed by atoms with Gasteiger partial charge in [0, 0.05) is 25.3 Å². The molecule has 0 saturated heterocycles. The minimum Gasteiger partial charge on any atom is -0.492 e. The molecule has 4 nitrogen and oxygen atoms in total. The van der Waals surface area contributed by atoms with Gasteiger partial charge in [-0.25, -0.2) is 0 Å². The minimum absolute atomic E-state index is 0.0165. The van der Waals surface area contributed by atoms with E-state index in [1.807, 2.05) is 19.3 Å². The molecule has 0 aliphatic carbocycles. The van der Waals surface area contributed by atoms with E-state index in [9.17, 15) is 4.79 Å². The van der Waals surface area contributed by atoms with Gasteiger partial charge in [0.05, 0.1) is 6.54 Å². The van der Waals surface area contributed by atoms with Crippen molar-refractivity contribution in [3.63, 3.8) is 0 Å². The van der Waals surface area contributed by atoms with Crippen LogP contribution in [0.2, 0.25) is 5.02 Å². The molecule has 2 rings (SSSR count). The lowest BCUT2D eigenvalue weighted by molar-refractivity contribution is 0.0764. The van der Waals surface area contributed by atoms with Crippen molar-refractivity contribution in [1.82, 2.24) is 9.47 Å². The number of carbonyl (C=O) groups excluding carboxylic acids is 1. The molecule has 2 aromatic rings. The second kappa shape index (κ2) is 6.48. The van der Waals surface area contributed by atoms with Crippen molar-refractivity contribution in [3.8, 4) is 5.75 Å². The summed E-state index contributed by atoms with van der Waals surface area (Å²) in [5.41, 5.74) is 0.666. The van der Waals surface area contributed by atoms with Gasteiger partial charge in [0.1, 0.15) is 18.1 Å². The number of hydrogen-bond donors (Lipinski definition) is 0. The SMILES string of the molecule is CN(CCOc1ccc(Cl)cc1)C(=O)c1cccn1C. The third-order valence-electron chi connectivity index (χ3n) is 3.02. The van der Waals surface area contributed by atoms with Crippen LogP contribution in [0.15, 0.2) is 42.6 Å². The summed E-state index contributed by atoms with van der Waals surface area (Å²) in [5, 5.41) is 0.674. The van der Waals surface area contributed by atoms with Gasteiger partial charge in [-0.05, 0) is 36.4 Å². The molecule has 0 spiro atoms. The fourth-order valence-electron chi connectivity index (χ4n) is 1.81. The number of ether oxygens (including phenoxy) is 1. The lowest BCUT2D eigenvalue weighted by atomic mass is 10.3. The molecule has 1 aromatic heterocycles. The van der Waals surface area contributed by atoms with Crippen LogP contribution >= 0.6 is 11.6 Å². The Morgan fingerprint density at radius 2 is 2.00 bits per heavy atom. The van der Waals surface area contributed by atoms with Crippen molar-refractivity contribution in [1.29, 1.82) is 0 Å². The van der Waals surface area contributed by atoms with Crippen LogP contribution in [0.5, 0.6) is 5.75 Å². The van der Waals surface area contributed by atoms with E-state index < -0.39 is 0 Å². The average molecular weight is 293 g/mol. The number of likely N-dealkylation sites (N-methyl/N-ethyl adjacent to an activating group) is 1. The molecular formula is C15H17ClN2O2. The molecule has 0 bridgehead atoms. The lowest BCUT2D eigenvalue weighted by Crippen LogP contribution is -2.32. The Bertz CT molecular complexity index is 578. The molecule has 0 atom stereocenters. The maximum atomic E-state index is 12.1. The minimum atomic E-state index is -0.0165. The summed E-state index contributed by atoms with van der Waals surface area (Å²) in [6.45, 7) is 0.959. The predicted octanol–water partition coefficient (Wildman–Crippen LogP) is 2.83. The lowest BCUT2D eigenvalue weighted by Gasteiger charge is -2.17. The highest BCUT2D eigenvalue weighted by Crippen LogP contribution is 2.15. The first kappa shape index (κ1) is 14.5. The highest BCUT2D eigenvalue weighted by atomic mass is 35.5. The van der Waals surface area contributed by atoms with Crippen LogP contribution in [0.4, 0.5) is 0 Å². The second-order valence-corrected chi connectivity index (χ2v) is 4.97. The van der Waals surface area contributed by atoms with Crippen LogP contribution in [-0.4, -0.2) is 35.6 Å². The number of benzene rings is 1. The van der Waals surface area contributed by atoms with Crippen molar-refractivity contribution in [2.75, 3.05) is 20.2 Å². The van der Waals surface area contributed by atoms with Gasteiger partial charge in [-0.2, -0.15) is 0 Å². The molecule has 1 aromatic carbocycles. The molecule has 1 amide bonds. The van der Waals surface area contributed by atoms with Gasteiger partial charge in [-0.1, -0.05) is 11.6 Å². The number of aryl methyl sites for hydroxylation is 1. The molecule has 0 fully saturated rings. The van der Waals surface area contributed by atoms with Gasteiger partial charge >= 0.3 is 0 Å². The van der Waals surface area contributed by atoms with Crippen molar-refractivity contribution in [2.24, 2.45) is 7.05 Å². The maximum absolute atomic E-state index is 12.1. The van der Waals surface area contributed by atoms with Crippen LogP contribution in [0, 0.1) is 0 Å². The van der Waals surface area contributed by atoms with Crippen molar-refractivity contribution in [3.05, 3.63) is 53.3 Å². The Labute approximate surface area is 123 Å². The highest BCUT2D eigenvalue weighted by Gasteiger charge is 2.13. The van der Waals surface area contributed by atoms with E-state index in [-0.39, 0.29) is 5.91 Å². The van der Waals surface area contributed by atoms with E-state index in [4.69, 9.17) is 16.3 Å². The molecular weight excluding hydrogens is 276 g/mol. The second-order valence-electron chi connectivity index (χ2n) is 4.53. The third-order valence-corrected chi connectivity index (χ3v) is 3.27. The largest absolute Gasteiger partial charge is 0.492 e. The standard InChI is InChI=1S/C15H17ClN2O2/c1-17-9-3-4-14(17)15(19)18(2)10-11-20-13-7-5-12(16)6-8-13/h3-9H,10-11H2,1-2H3. The molecule has 0 radical (unpaired) electrons. The first-order valence-corrected chi connectivity index (χ1v) is 6.71. The van der Waals surface area contributed by atoms with Gasteiger partial charge in [0.2, 0.25) is 0 Å². The Balaban J connectivity index is 1.83. The van der Waals surface area contributed by atoms with Crippen LogP contribution < -0.4 is 4.74 Å². The molecule has 0 N–H and O–H groups in total. The Hall–Kier alpha value is -1.94. The first-order chi connectivity index (χ1) is 9.58. The Morgan fingerprint density at radius 1 is 1.30 bits per heavy atom. The monoisotopic (exact) mass is 292 g/mol. The number of hydrogen-bond acceptors (Lipinski definition) is 2. The fraction of sp³-hybridized carbons (Fsp3) is 0.267. The quantitative estimate of drug-likeness (QED) is 0.849. The van der Waals surface area contributed by atoms with Gasteiger partial charge in [-0.15, -0.1) is 0 Å². The number of halogens is 1. The van der Waals surface area contributed by atoms with Crippen molar-refractivity contribution in [2.45, 2.75) is 0 Å². The zero-order valence-corrected chi connectivity index (χ0v) is 12.3. The number of aromatic nitrogens is 1. The molecule has 0 saturated carbocycles. The number of amides is 1. The summed E-state index contributed by atoms with van der Waals surface area (Å²) < 4.78 is 7.37. The predicted molar refractivity (Wildman–Crippen MR) is 79.3 cm³/mol. The third kappa shape index (κ3) is 3.54. The first-order valence-electron chi connectivity index (χ1n) is 6.33. The normalized spacial score (nSPS) is 10.3. The van der Waals surface area contributed by atoms with E-state index >= 15 is 0 Å². The number of nitrogens with zero attached hydrogens (tertiary/aromatic N) is 2. The summed E-state index contributed by atoms with van der Waals surface area (Å²) in [6, 6.07) is 10.8. The number of carbonyl (C=O) groups is 1. The summed E-state index contributed by atoms with van der Waals surface area (Å²) in [5.74, 6) is 0.728. The highest BCUT2D eigenvalue weighted by molar-refractivity contribution is 6.30. The van der Waals surface area contributed by atoms with Crippen molar-refractivity contribution >= 4 is 17.5 Å². The van der Waals surface area contributed by atoms with E-state index in [1.54, 1.807) is 46.8 Å². The molecule has 20 heavy (non-hydrogen) atoms. The van der Waals surface area contributed by atoms with Gasteiger partial charge < -0.3 is 14.2 Å². The van der Waals surface area contributed by atoms with Crippen LogP contribution in [0.1, 0.15) is 10.5 Å². The van der Waals surface area contributed by atoms with Crippen LogP contribution in [0.3, 0.4) is 0 Å². The smallest absolute Gasteiger partial charge is 0.270 e. The summed E-state index contributed by atoms with van der Waals surface area (Å²) in [4.78, 5) is 13.8. The molecule has 0 unspecified atom stereocenters. The molecule has 0 aliphatic rings. The topological polar surface area (TPSA) is 34.5 Å². The molecule has 1 heterocycles. The van der Waals surface area contributed by atoms with E-state index in [2.05, 4.69) is 0 Å².